The van der Waals surface area contributed by atoms with Crippen molar-refractivity contribution in [1.29, 1.82) is 0 Å². The van der Waals surface area contributed by atoms with Crippen LogP contribution in [0.5, 0.6) is 0 Å². The normalized spacial score (nSPS) is 24.0. The van der Waals surface area contributed by atoms with Crippen molar-refractivity contribution in [3.8, 4) is 0 Å². The van der Waals surface area contributed by atoms with Crippen molar-refractivity contribution in [2.75, 3.05) is 13.2 Å². The molecule has 0 radical (unpaired) electrons. The summed E-state index contributed by atoms with van der Waals surface area (Å²) in [4.78, 5) is 27.1. The lowest BCUT2D eigenvalue weighted by Gasteiger charge is -2.45. The van der Waals surface area contributed by atoms with Gasteiger partial charge in [-0.1, -0.05) is 158 Å². The van der Waals surface area contributed by atoms with Gasteiger partial charge in [0, 0.05) is 0 Å². The molecule has 0 amide bonds. The number of aliphatic hydroxyl groups is 1. The monoisotopic (exact) mass is 880 g/mol. The van der Waals surface area contributed by atoms with Gasteiger partial charge in [-0.05, 0) is 46.5 Å². The molecule has 2 fully saturated rings. The summed E-state index contributed by atoms with van der Waals surface area (Å²) in [5.41, 5.74) is 4.21. The van der Waals surface area contributed by atoms with E-state index in [1.165, 1.54) is 0 Å². The van der Waals surface area contributed by atoms with Crippen LogP contribution in [-0.2, 0) is 69.1 Å². The fourth-order valence-corrected chi connectivity index (χ4v) is 7.72. The standard InChI is InChI=1S/C53H52O12/c54-50(41-27-15-5-16-28-41)61-36-44-46(64-51(55)42-29-17-6-18-30-42)49(60-34-40-25-13-4-14-26-40)53(63-44)65-48-47(59-33-39-23-11-3-12-24-39)45(58-32-38-21-9-2-10-22-38)43(62-52(48)56)35-57-31-37-19-7-1-8-20-37/h1-30,43-49,52-53,56H,31-36H2/t43-,44-,45-,46-,47+,48-,49+,52+,53+/m1/s1. The Labute approximate surface area is 378 Å². The topological polar surface area (TPSA) is 137 Å². The molecule has 12 heteroatoms. The molecular weight excluding hydrogens is 829 g/mol. The lowest BCUT2D eigenvalue weighted by atomic mass is 9.97. The van der Waals surface area contributed by atoms with Crippen LogP contribution in [0.1, 0.15) is 43.0 Å². The van der Waals surface area contributed by atoms with E-state index in [1.807, 2.05) is 121 Å². The van der Waals surface area contributed by atoms with Crippen molar-refractivity contribution < 1.29 is 57.3 Å². The van der Waals surface area contributed by atoms with E-state index >= 15 is 0 Å². The Balaban J connectivity index is 1.11. The molecule has 2 aliphatic rings. The highest BCUT2D eigenvalue weighted by Crippen LogP contribution is 2.36. The van der Waals surface area contributed by atoms with Gasteiger partial charge < -0.3 is 47.7 Å². The largest absolute Gasteiger partial charge is 0.459 e. The molecule has 8 rings (SSSR count). The lowest BCUT2D eigenvalue weighted by molar-refractivity contribution is -0.342. The maximum absolute atomic E-state index is 13.8. The van der Waals surface area contributed by atoms with Gasteiger partial charge in [0.05, 0.1) is 44.2 Å². The highest BCUT2D eigenvalue weighted by Gasteiger charge is 2.54. The predicted octanol–water partition coefficient (Wildman–Crippen LogP) is 7.87. The van der Waals surface area contributed by atoms with Gasteiger partial charge in [-0.2, -0.15) is 0 Å². The van der Waals surface area contributed by atoms with Crippen LogP contribution < -0.4 is 0 Å². The molecule has 0 aromatic heterocycles. The third-order valence-electron chi connectivity index (χ3n) is 11.1. The van der Waals surface area contributed by atoms with Gasteiger partial charge in [-0.3, -0.25) is 0 Å². The van der Waals surface area contributed by atoms with Gasteiger partial charge in [-0.15, -0.1) is 0 Å². The molecule has 9 atom stereocenters. The number of rotatable bonds is 20. The third-order valence-corrected chi connectivity index (χ3v) is 11.1. The van der Waals surface area contributed by atoms with Crippen molar-refractivity contribution in [3.63, 3.8) is 0 Å². The van der Waals surface area contributed by atoms with Crippen LogP contribution in [-0.4, -0.2) is 85.6 Å². The maximum atomic E-state index is 13.8. The Morgan fingerprint density at radius 3 is 1.35 bits per heavy atom. The van der Waals surface area contributed by atoms with E-state index in [2.05, 4.69) is 0 Å². The summed E-state index contributed by atoms with van der Waals surface area (Å²) in [6.07, 6.45) is -10.1. The summed E-state index contributed by atoms with van der Waals surface area (Å²) < 4.78 is 57.9. The molecule has 2 aliphatic heterocycles. The highest BCUT2D eigenvalue weighted by atomic mass is 16.8. The molecular formula is C53H52O12. The molecule has 6 aromatic carbocycles. The van der Waals surface area contributed by atoms with Crippen molar-refractivity contribution >= 4 is 11.9 Å². The van der Waals surface area contributed by atoms with E-state index < -0.39 is 67.2 Å². The zero-order valence-corrected chi connectivity index (χ0v) is 35.7. The van der Waals surface area contributed by atoms with Crippen LogP contribution in [0.15, 0.2) is 182 Å². The Bertz CT molecular complexity index is 2320. The number of benzene rings is 6. The highest BCUT2D eigenvalue weighted by molar-refractivity contribution is 5.90. The van der Waals surface area contributed by atoms with Crippen LogP contribution in [0.3, 0.4) is 0 Å². The fourth-order valence-electron chi connectivity index (χ4n) is 7.72. The number of carbonyl (C=O) groups excluding carboxylic acids is 2. The number of ether oxygens (including phenoxy) is 9. The first-order valence-corrected chi connectivity index (χ1v) is 21.7. The lowest BCUT2D eigenvalue weighted by Crippen LogP contribution is -2.62. The molecule has 0 saturated carbocycles. The van der Waals surface area contributed by atoms with E-state index in [-0.39, 0.29) is 33.0 Å². The van der Waals surface area contributed by atoms with E-state index in [4.69, 9.17) is 42.6 Å². The summed E-state index contributed by atoms with van der Waals surface area (Å²) in [5, 5.41) is 12.0. The Hall–Kier alpha value is -6.06. The van der Waals surface area contributed by atoms with Gasteiger partial charge in [-0.25, -0.2) is 9.59 Å². The molecule has 0 aliphatic carbocycles. The molecule has 6 aromatic rings. The molecule has 12 nitrogen and oxygen atoms in total. The molecule has 0 bridgehead atoms. The molecule has 0 spiro atoms. The van der Waals surface area contributed by atoms with Crippen molar-refractivity contribution in [2.45, 2.75) is 81.7 Å². The Kier molecular flexibility index (Phi) is 16.3. The minimum absolute atomic E-state index is 0.0540. The van der Waals surface area contributed by atoms with E-state index in [9.17, 15) is 14.7 Å². The van der Waals surface area contributed by atoms with Gasteiger partial charge in [0.25, 0.3) is 0 Å². The first kappa shape index (κ1) is 45.5. The minimum Gasteiger partial charge on any atom is -0.459 e. The summed E-state index contributed by atoms with van der Waals surface area (Å²) in [7, 11) is 0. The number of hydrogen-bond acceptors (Lipinski definition) is 12. The predicted molar refractivity (Wildman–Crippen MR) is 238 cm³/mol. The summed E-state index contributed by atoms with van der Waals surface area (Å²) in [5.74, 6) is -1.25. The molecule has 1 N–H and O–H groups in total. The summed E-state index contributed by atoms with van der Waals surface area (Å²) in [6, 6.07) is 55.6. The second-order valence-corrected chi connectivity index (χ2v) is 15.7. The molecule has 2 saturated heterocycles. The van der Waals surface area contributed by atoms with Crippen LogP contribution in [0.4, 0.5) is 0 Å². The average molecular weight is 881 g/mol. The van der Waals surface area contributed by atoms with E-state index in [0.29, 0.717) is 17.7 Å². The van der Waals surface area contributed by atoms with Crippen LogP contribution >= 0.6 is 0 Å². The molecule has 336 valence electrons. The second-order valence-electron chi connectivity index (χ2n) is 15.7. The summed E-state index contributed by atoms with van der Waals surface area (Å²) in [6.45, 7) is 0.424. The number of esters is 2. The van der Waals surface area contributed by atoms with Crippen molar-refractivity contribution in [3.05, 3.63) is 215 Å². The third kappa shape index (κ3) is 12.6. The van der Waals surface area contributed by atoms with E-state index in [0.717, 1.165) is 22.3 Å². The zero-order valence-electron chi connectivity index (χ0n) is 35.7. The Morgan fingerprint density at radius 2 is 0.846 bits per heavy atom. The molecule has 0 unspecified atom stereocenters. The first-order valence-electron chi connectivity index (χ1n) is 21.7. The smallest absolute Gasteiger partial charge is 0.338 e. The average Bonchev–Trinajstić information content (AvgIpc) is 3.68. The number of carbonyl (C=O) groups is 2. The van der Waals surface area contributed by atoms with Gasteiger partial charge in [0.1, 0.15) is 43.2 Å². The number of hydrogen-bond donors (Lipinski definition) is 1. The molecule has 2 heterocycles. The van der Waals surface area contributed by atoms with Crippen molar-refractivity contribution in [1.82, 2.24) is 0 Å². The minimum atomic E-state index is -1.59. The SMILES string of the molecule is O=C(OC[C@H]1O[C@@H](O[C@@H]2[C@@H](OCc3ccccc3)[C@H](OCc3ccccc3)[C@@H](COCc3ccccc3)O[C@@H]2O)[C@@H](OCc2ccccc2)[C@@H]1OC(=O)c1ccccc1)c1ccccc1. The second kappa shape index (κ2) is 23.2. The van der Waals surface area contributed by atoms with Gasteiger partial charge >= 0.3 is 11.9 Å². The zero-order chi connectivity index (χ0) is 44.6. The van der Waals surface area contributed by atoms with Gasteiger partial charge in [0.2, 0.25) is 0 Å². The van der Waals surface area contributed by atoms with Crippen LogP contribution in [0.2, 0.25) is 0 Å². The van der Waals surface area contributed by atoms with Crippen LogP contribution in [0.25, 0.3) is 0 Å². The molecule has 65 heavy (non-hydrogen) atoms. The quantitative estimate of drug-likeness (QED) is 0.0748. The first-order chi connectivity index (χ1) is 32.0. The fraction of sp³-hybridized carbons (Fsp3) is 0.283. The maximum Gasteiger partial charge on any atom is 0.338 e. The summed E-state index contributed by atoms with van der Waals surface area (Å²) >= 11 is 0. The van der Waals surface area contributed by atoms with Crippen LogP contribution in [0, 0.1) is 0 Å². The number of aliphatic hydroxyl groups excluding tert-OH is 1. The van der Waals surface area contributed by atoms with E-state index in [1.54, 1.807) is 60.7 Å². The van der Waals surface area contributed by atoms with Crippen molar-refractivity contribution in [2.24, 2.45) is 0 Å². The Morgan fingerprint density at radius 1 is 0.431 bits per heavy atom. The van der Waals surface area contributed by atoms with Gasteiger partial charge in [0.15, 0.2) is 18.7 Å².